The van der Waals surface area contributed by atoms with E-state index in [1.807, 2.05) is 30.3 Å². The Bertz CT molecular complexity index is 463. The second-order valence-corrected chi connectivity index (χ2v) is 4.50. The predicted octanol–water partition coefficient (Wildman–Crippen LogP) is 2.37. The molecule has 3 heteroatoms. The van der Waals surface area contributed by atoms with Gasteiger partial charge in [0.1, 0.15) is 0 Å². The molecule has 1 amide bonds. The van der Waals surface area contributed by atoms with E-state index in [1.165, 1.54) is 6.08 Å². The molecule has 2 rings (SSSR count). The number of carbonyl (C=O) groups is 2. The van der Waals surface area contributed by atoms with E-state index in [0.717, 1.165) is 24.8 Å². The van der Waals surface area contributed by atoms with Gasteiger partial charge in [-0.05, 0) is 24.8 Å². The van der Waals surface area contributed by atoms with E-state index < -0.39 is 0 Å². The quantitative estimate of drug-likeness (QED) is 0.828. The molecule has 1 aromatic rings. The highest BCUT2D eigenvalue weighted by atomic mass is 16.1. The van der Waals surface area contributed by atoms with Crippen molar-refractivity contribution < 1.29 is 9.59 Å². The number of ketones is 1. The summed E-state index contributed by atoms with van der Waals surface area (Å²) < 4.78 is 0. The molecular weight excluding hydrogens is 226 g/mol. The smallest absolute Gasteiger partial charge is 0.244 e. The normalized spacial score (nSPS) is 17.8. The van der Waals surface area contributed by atoms with Gasteiger partial charge in [0.05, 0.1) is 0 Å². The van der Waals surface area contributed by atoms with Crippen molar-refractivity contribution in [3.8, 4) is 0 Å². The number of nitrogens with one attached hydrogen (secondary N) is 1. The maximum atomic E-state index is 11.7. The van der Waals surface area contributed by atoms with Crippen molar-refractivity contribution in [1.82, 2.24) is 5.32 Å². The fourth-order valence-corrected chi connectivity index (χ4v) is 2.05. The molecule has 0 bridgehead atoms. The molecule has 0 aromatic heterocycles. The average molecular weight is 243 g/mol. The highest BCUT2D eigenvalue weighted by molar-refractivity contribution is 6.02. The molecule has 1 aliphatic rings. The van der Waals surface area contributed by atoms with E-state index in [1.54, 1.807) is 0 Å². The SMILES string of the molecule is O=C(/C=C1/CCCCC1=O)NCc1ccccc1. The van der Waals surface area contributed by atoms with Crippen molar-refractivity contribution in [3.05, 3.63) is 47.5 Å². The number of rotatable bonds is 3. The van der Waals surface area contributed by atoms with Gasteiger partial charge in [-0.1, -0.05) is 30.3 Å². The Morgan fingerprint density at radius 3 is 2.61 bits per heavy atom. The molecule has 0 unspecified atom stereocenters. The van der Waals surface area contributed by atoms with Crippen LogP contribution < -0.4 is 5.32 Å². The van der Waals surface area contributed by atoms with Crippen LogP contribution in [0.15, 0.2) is 42.0 Å². The lowest BCUT2D eigenvalue weighted by molar-refractivity contribution is -0.119. The van der Waals surface area contributed by atoms with Crippen molar-refractivity contribution in [2.45, 2.75) is 32.2 Å². The van der Waals surface area contributed by atoms with Crippen LogP contribution >= 0.6 is 0 Å². The van der Waals surface area contributed by atoms with Crippen molar-refractivity contribution >= 4 is 11.7 Å². The van der Waals surface area contributed by atoms with Crippen LogP contribution in [0, 0.1) is 0 Å². The summed E-state index contributed by atoms with van der Waals surface area (Å²) in [7, 11) is 0. The molecule has 1 aromatic carbocycles. The van der Waals surface area contributed by atoms with Gasteiger partial charge in [-0.25, -0.2) is 0 Å². The first-order valence-electron chi connectivity index (χ1n) is 6.31. The minimum absolute atomic E-state index is 0.121. The van der Waals surface area contributed by atoms with Gasteiger partial charge in [-0.3, -0.25) is 9.59 Å². The number of hydrogen-bond donors (Lipinski definition) is 1. The highest BCUT2D eigenvalue weighted by Gasteiger charge is 2.15. The molecule has 94 valence electrons. The van der Waals surface area contributed by atoms with Gasteiger partial charge in [0.25, 0.3) is 0 Å². The first kappa shape index (κ1) is 12.6. The number of Topliss-reactive ketones (excluding diaryl/α,β-unsaturated/α-hetero) is 1. The third-order valence-electron chi connectivity index (χ3n) is 3.07. The molecule has 0 spiro atoms. The zero-order valence-corrected chi connectivity index (χ0v) is 10.3. The van der Waals surface area contributed by atoms with E-state index in [9.17, 15) is 9.59 Å². The molecule has 1 aliphatic carbocycles. The van der Waals surface area contributed by atoms with Crippen LogP contribution in [0.1, 0.15) is 31.2 Å². The summed E-state index contributed by atoms with van der Waals surface area (Å²) in [6.45, 7) is 0.498. The van der Waals surface area contributed by atoms with Gasteiger partial charge in [0, 0.05) is 24.6 Å². The maximum Gasteiger partial charge on any atom is 0.244 e. The van der Waals surface area contributed by atoms with Crippen LogP contribution in [-0.2, 0) is 16.1 Å². The van der Waals surface area contributed by atoms with Crippen molar-refractivity contribution in [2.75, 3.05) is 0 Å². The van der Waals surface area contributed by atoms with E-state index in [4.69, 9.17) is 0 Å². The Kier molecular flexibility index (Phi) is 4.29. The Morgan fingerprint density at radius 1 is 1.17 bits per heavy atom. The average Bonchev–Trinajstić information content (AvgIpc) is 2.40. The number of hydrogen-bond acceptors (Lipinski definition) is 2. The van der Waals surface area contributed by atoms with Crippen LogP contribution in [0.3, 0.4) is 0 Å². The molecule has 0 atom stereocenters. The van der Waals surface area contributed by atoms with Gasteiger partial charge in [-0.2, -0.15) is 0 Å². The Hall–Kier alpha value is -1.90. The van der Waals surface area contributed by atoms with Crippen molar-refractivity contribution in [2.24, 2.45) is 0 Å². The topological polar surface area (TPSA) is 46.2 Å². The van der Waals surface area contributed by atoms with Crippen LogP contribution in [0.4, 0.5) is 0 Å². The van der Waals surface area contributed by atoms with E-state index >= 15 is 0 Å². The summed E-state index contributed by atoms with van der Waals surface area (Å²) in [5.74, 6) is -0.0554. The summed E-state index contributed by atoms with van der Waals surface area (Å²) in [6, 6.07) is 9.72. The molecule has 3 nitrogen and oxygen atoms in total. The lowest BCUT2D eigenvalue weighted by Gasteiger charge is -2.12. The standard InChI is InChI=1S/C15H17NO2/c17-14-9-5-4-8-13(14)10-15(18)16-11-12-6-2-1-3-7-12/h1-3,6-7,10H,4-5,8-9,11H2,(H,16,18)/b13-10-. The van der Waals surface area contributed by atoms with Crippen molar-refractivity contribution in [3.63, 3.8) is 0 Å². The summed E-state index contributed by atoms with van der Waals surface area (Å²) in [5, 5.41) is 2.80. The molecule has 1 fully saturated rings. The van der Waals surface area contributed by atoms with E-state index in [0.29, 0.717) is 18.5 Å². The molecule has 1 saturated carbocycles. The molecule has 0 heterocycles. The lowest BCUT2D eigenvalue weighted by Crippen LogP contribution is -2.22. The van der Waals surface area contributed by atoms with Gasteiger partial charge >= 0.3 is 0 Å². The molecule has 1 N–H and O–H groups in total. The third-order valence-corrected chi connectivity index (χ3v) is 3.07. The Labute approximate surface area is 107 Å². The van der Waals surface area contributed by atoms with Crippen LogP contribution in [0.5, 0.6) is 0 Å². The molecular formula is C15H17NO2. The first-order chi connectivity index (χ1) is 8.75. The monoisotopic (exact) mass is 243 g/mol. The summed E-state index contributed by atoms with van der Waals surface area (Å²) in [5.41, 5.74) is 1.73. The second-order valence-electron chi connectivity index (χ2n) is 4.50. The fraction of sp³-hybridized carbons (Fsp3) is 0.333. The lowest BCUT2D eigenvalue weighted by atomic mass is 9.93. The molecule has 18 heavy (non-hydrogen) atoms. The first-order valence-corrected chi connectivity index (χ1v) is 6.31. The van der Waals surface area contributed by atoms with Crippen LogP contribution in [0.2, 0.25) is 0 Å². The second kappa shape index (κ2) is 6.15. The number of carbonyl (C=O) groups excluding carboxylic acids is 2. The van der Waals surface area contributed by atoms with Gasteiger partial charge in [0.15, 0.2) is 5.78 Å². The molecule has 0 aliphatic heterocycles. The summed E-state index contributed by atoms with van der Waals surface area (Å²) in [6.07, 6.45) is 4.73. The predicted molar refractivity (Wildman–Crippen MR) is 69.8 cm³/mol. The van der Waals surface area contributed by atoms with Crippen molar-refractivity contribution in [1.29, 1.82) is 0 Å². The summed E-state index contributed by atoms with van der Waals surface area (Å²) in [4.78, 5) is 23.2. The Balaban J connectivity index is 1.88. The minimum atomic E-state index is -0.177. The third kappa shape index (κ3) is 3.55. The van der Waals surface area contributed by atoms with E-state index in [-0.39, 0.29) is 11.7 Å². The van der Waals surface area contributed by atoms with Gasteiger partial charge in [0.2, 0.25) is 5.91 Å². The van der Waals surface area contributed by atoms with Gasteiger partial charge < -0.3 is 5.32 Å². The number of benzene rings is 1. The van der Waals surface area contributed by atoms with E-state index in [2.05, 4.69) is 5.32 Å². The zero-order valence-electron chi connectivity index (χ0n) is 10.3. The molecule has 0 radical (unpaired) electrons. The van der Waals surface area contributed by atoms with Crippen LogP contribution in [0.25, 0.3) is 0 Å². The zero-order chi connectivity index (χ0) is 12.8. The fourth-order valence-electron chi connectivity index (χ4n) is 2.05. The Morgan fingerprint density at radius 2 is 1.89 bits per heavy atom. The maximum absolute atomic E-state index is 11.7. The van der Waals surface area contributed by atoms with Gasteiger partial charge in [-0.15, -0.1) is 0 Å². The number of allylic oxidation sites excluding steroid dienone is 1. The van der Waals surface area contributed by atoms with Crippen LogP contribution in [-0.4, -0.2) is 11.7 Å². The minimum Gasteiger partial charge on any atom is -0.348 e. The molecule has 0 saturated heterocycles. The highest BCUT2D eigenvalue weighted by Crippen LogP contribution is 2.19. The summed E-state index contributed by atoms with van der Waals surface area (Å²) >= 11 is 0. The largest absolute Gasteiger partial charge is 0.348 e. The number of amides is 1.